The van der Waals surface area contributed by atoms with Crippen LogP contribution in [-0.2, 0) is 17.8 Å². The number of benzene rings is 1. The molecule has 1 aromatic carbocycles. The van der Waals surface area contributed by atoms with Crippen LogP contribution in [0, 0.1) is 0 Å². The fourth-order valence-corrected chi connectivity index (χ4v) is 1.93. The van der Waals surface area contributed by atoms with E-state index in [4.69, 9.17) is 4.74 Å². The van der Waals surface area contributed by atoms with Gasteiger partial charge in [-0.05, 0) is 25.5 Å². The van der Waals surface area contributed by atoms with Crippen LogP contribution in [0.15, 0.2) is 23.2 Å². The van der Waals surface area contributed by atoms with E-state index in [1.165, 1.54) is 5.56 Å². The Bertz CT molecular complexity index is 431. The van der Waals surface area contributed by atoms with Crippen LogP contribution in [0.5, 0.6) is 5.75 Å². The van der Waals surface area contributed by atoms with Crippen LogP contribution >= 0.6 is 0 Å². The quantitative estimate of drug-likeness (QED) is 0.546. The molecule has 0 spiro atoms. The highest BCUT2D eigenvalue weighted by molar-refractivity contribution is 5.45. The molecule has 15 heavy (non-hydrogen) atoms. The monoisotopic (exact) mass is 203 g/mol. The summed E-state index contributed by atoms with van der Waals surface area (Å²) in [5.41, 5.74) is 2.08. The summed E-state index contributed by atoms with van der Waals surface area (Å²) in [6, 6.07) is 5.86. The van der Waals surface area contributed by atoms with Crippen LogP contribution in [0.1, 0.15) is 25.0 Å². The third-order valence-electron chi connectivity index (χ3n) is 2.53. The number of ether oxygens (including phenoxy) is 1. The van der Waals surface area contributed by atoms with Gasteiger partial charge in [0, 0.05) is 12.0 Å². The minimum atomic E-state index is -0.149. The van der Waals surface area contributed by atoms with E-state index in [1.54, 1.807) is 6.08 Å². The highest BCUT2D eigenvalue weighted by Crippen LogP contribution is 2.36. The first-order valence-corrected chi connectivity index (χ1v) is 4.96. The van der Waals surface area contributed by atoms with E-state index in [2.05, 4.69) is 18.8 Å². The third-order valence-corrected chi connectivity index (χ3v) is 2.53. The first-order valence-electron chi connectivity index (χ1n) is 4.96. The van der Waals surface area contributed by atoms with Crippen molar-refractivity contribution in [3.05, 3.63) is 29.3 Å². The fraction of sp³-hybridized carbons (Fsp3) is 0.417. The van der Waals surface area contributed by atoms with Crippen LogP contribution in [-0.4, -0.2) is 11.7 Å². The van der Waals surface area contributed by atoms with E-state index in [0.29, 0.717) is 6.54 Å². The second kappa shape index (κ2) is 3.52. The molecule has 0 N–H and O–H groups in total. The van der Waals surface area contributed by atoms with Crippen molar-refractivity contribution in [2.24, 2.45) is 4.99 Å². The Kier molecular flexibility index (Phi) is 2.33. The fourth-order valence-electron chi connectivity index (χ4n) is 1.93. The van der Waals surface area contributed by atoms with Gasteiger partial charge in [-0.2, -0.15) is 0 Å². The molecule has 0 saturated heterocycles. The SMILES string of the molecule is CC1(C)Cc2c(CN=C=O)cccc2O1. The van der Waals surface area contributed by atoms with Gasteiger partial charge in [0.1, 0.15) is 11.4 Å². The van der Waals surface area contributed by atoms with Gasteiger partial charge in [-0.25, -0.2) is 9.79 Å². The Morgan fingerprint density at radius 3 is 3.07 bits per heavy atom. The van der Waals surface area contributed by atoms with Crippen molar-refractivity contribution in [3.8, 4) is 5.75 Å². The van der Waals surface area contributed by atoms with Crippen molar-refractivity contribution in [1.82, 2.24) is 0 Å². The highest BCUT2D eigenvalue weighted by atomic mass is 16.5. The predicted octanol–water partition coefficient (Wildman–Crippen LogP) is 2.24. The van der Waals surface area contributed by atoms with Gasteiger partial charge in [-0.3, -0.25) is 0 Å². The maximum atomic E-state index is 10.1. The lowest BCUT2D eigenvalue weighted by Crippen LogP contribution is -2.24. The number of carbonyl (C=O) groups excluding carboxylic acids is 1. The number of isocyanates is 1. The third kappa shape index (κ3) is 1.92. The lowest BCUT2D eigenvalue weighted by Gasteiger charge is -2.16. The van der Waals surface area contributed by atoms with Gasteiger partial charge < -0.3 is 4.74 Å². The number of rotatable bonds is 2. The van der Waals surface area contributed by atoms with Gasteiger partial charge >= 0.3 is 0 Å². The topological polar surface area (TPSA) is 38.7 Å². The minimum Gasteiger partial charge on any atom is -0.487 e. The number of fused-ring (bicyclic) bond motifs is 1. The summed E-state index contributed by atoms with van der Waals surface area (Å²) in [5, 5.41) is 0. The number of aliphatic imine (C=N–C) groups is 1. The van der Waals surface area contributed by atoms with Crippen LogP contribution in [0.2, 0.25) is 0 Å². The molecule has 0 fully saturated rings. The Hall–Kier alpha value is -1.60. The second-order valence-electron chi connectivity index (χ2n) is 4.34. The normalized spacial score (nSPS) is 16.4. The van der Waals surface area contributed by atoms with Gasteiger partial charge in [0.2, 0.25) is 6.08 Å². The van der Waals surface area contributed by atoms with Crippen molar-refractivity contribution in [3.63, 3.8) is 0 Å². The number of hydrogen-bond acceptors (Lipinski definition) is 3. The Morgan fingerprint density at radius 2 is 2.33 bits per heavy atom. The van der Waals surface area contributed by atoms with Crippen molar-refractivity contribution >= 4 is 6.08 Å². The maximum Gasteiger partial charge on any atom is 0.235 e. The molecule has 2 rings (SSSR count). The average Bonchev–Trinajstić information content (AvgIpc) is 2.49. The molecule has 0 radical (unpaired) electrons. The van der Waals surface area contributed by atoms with Crippen LogP contribution in [0.4, 0.5) is 0 Å². The molecule has 0 atom stereocenters. The molecule has 1 aromatic rings. The summed E-state index contributed by atoms with van der Waals surface area (Å²) in [7, 11) is 0. The Morgan fingerprint density at radius 1 is 1.53 bits per heavy atom. The molecule has 0 amide bonds. The van der Waals surface area contributed by atoms with Crippen LogP contribution < -0.4 is 4.74 Å². The van der Waals surface area contributed by atoms with Crippen molar-refractivity contribution in [2.45, 2.75) is 32.4 Å². The van der Waals surface area contributed by atoms with E-state index in [-0.39, 0.29) is 5.60 Å². The molecule has 78 valence electrons. The van der Waals surface area contributed by atoms with Gasteiger partial charge in [0.25, 0.3) is 0 Å². The van der Waals surface area contributed by atoms with Gasteiger partial charge in [-0.15, -0.1) is 0 Å². The van der Waals surface area contributed by atoms with Crippen LogP contribution in [0.25, 0.3) is 0 Å². The molecule has 1 aliphatic heterocycles. The van der Waals surface area contributed by atoms with Crippen LogP contribution in [0.3, 0.4) is 0 Å². The molecule has 3 heteroatoms. The summed E-state index contributed by atoms with van der Waals surface area (Å²) in [6.07, 6.45) is 2.43. The molecule has 0 aromatic heterocycles. The smallest absolute Gasteiger partial charge is 0.235 e. The van der Waals surface area contributed by atoms with E-state index in [9.17, 15) is 4.79 Å². The highest BCUT2D eigenvalue weighted by Gasteiger charge is 2.31. The van der Waals surface area contributed by atoms with Gasteiger partial charge in [-0.1, -0.05) is 12.1 Å². The second-order valence-corrected chi connectivity index (χ2v) is 4.34. The summed E-state index contributed by atoms with van der Waals surface area (Å²) in [5.74, 6) is 0.915. The van der Waals surface area contributed by atoms with E-state index in [1.807, 2.05) is 18.2 Å². The zero-order valence-electron chi connectivity index (χ0n) is 8.91. The molecule has 1 heterocycles. The zero-order chi connectivity index (χ0) is 10.9. The molecular formula is C12H13NO2. The summed E-state index contributed by atoms with van der Waals surface area (Å²) in [4.78, 5) is 13.7. The zero-order valence-corrected chi connectivity index (χ0v) is 8.91. The molecule has 0 aliphatic carbocycles. The molecule has 0 bridgehead atoms. The molecular weight excluding hydrogens is 190 g/mol. The average molecular weight is 203 g/mol. The number of hydrogen-bond donors (Lipinski definition) is 0. The van der Waals surface area contributed by atoms with E-state index in [0.717, 1.165) is 17.7 Å². The summed E-state index contributed by atoms with van der Waals surface area (Å²) >= 11 is 0. The van der Waals surface area contributed by atoms with Crippen molar-refractivity contribution in [1.29, 1.82) is 0 Å². The van der Waals surface area contributed by atoms with E-state index >= 15 is 0 Å². The van der Waals surface area contributed by atoms with Crippen molar-refractivity contribution < 1.29 is 9.53 Å². The molecule has 0 unspecified atom stereocenters. The number of nitrogens with zero attached hydrogens (tertiary/aromatic N) is 1. The lowest BCUT2D eigenvalue weighted by molar-refractivity contribution is 0.138. The minimum absolute atomic E-state index is 0.149. The Balaban J connectivity index is 2.37. The largest absolute Gasteiger partial charge is 0.487 e. The molecule has 1 aliphatic rings. The lowest BCUT2D eigenvalue weighted by atomic mass is 9.97. The summed E-state index contributed by atoms with van der Waals surface area (Å²) in [6.45, 7) is 4.51. The van der Waals surface area contributed by atoms with Gasteiger partial charge in [0.05, 0.1) is 6.54 Å². The first kappa shape index (κ1) is 9.94. The maximum absolute atomic E-state index is 10.1. The summed E-state index contributed by atoms with van der Waals surface area (Å²) < 4.78 is 5.77. The Labute approximate surface area is 88.8 Å². The molecule has 3 nitrogen and oxygen atoms in total. The van der Waals surface area contributed by atoms with E-state index < -0.39 is 0 Å². The molecule has 0 saturated carbocycles. The van der Waals surface area contributed by atoms with Crippen molar-refractivity contribution in [2.75, 3.05) is 0 Å². The standard InChI is InChI=1S/C12H13NO2/c1-12(2)6-10-9(7-13-8-14)4-3-5-11(10)15-12/h3-5H,6-7H2,1-2H3. The first-order chi connectivity index (χ1) is 7.12. The predicted molar refractivity (Wildman–Crippen MR) is 56.7 cm³/mol. The van der Waals surface area contributed by atoms with Gasteiger partial charge in [0.15, 0.2) is 0 Å².